The molecule has 7 nitrogen and oxygen atoms in total. The molecule has 1 aliphatic heterocycles. The van der Waals surface area contributed by atoms with E-state index in [1.807, 2.05) is 20.9 Å². The summed E-state index contributed by atoms with van der Waals surface area (Å²) in [6, 6.07) is 8.88. The summed E-state index contributed by atoms with van der Waals surface area (Å²) in [4.78, 5) is 19.5. The second kappa shape index (κ2) is 8.34. The molecule has 2 aromatic heterocycles. The van der Waals surface area contributed by atoms with Crippen molar-refractivity contribution in [2.75, 3.05) is 29.9 Å². The van der Waals surface area contributed by atoms with Gasteiger partial charge in [-0.2, -0.15) is 5.10 Å². The minimum atomic E-state index is -0.329. The Balaban J connectivity index is 1.61. The number of esters is 1. The van der Waals surface area contributed by atoms with E-state index in [-0.39, 0.29) is 5.97 Å². The first kappa shape index (κ1) is 20.2. The number of piperidine rings is 1. The highest BCUT2D eigenvalue weighted by atomic mass is 16.5. The number of rotatable bonds is 5. The third-order valence-corrected chi connectivity index (χ3v) is 5.70. The first-order chi connectivity index (χ1) is 14.5. The number of benzene rings is 1. The second-order valence-electron chi connectivity index (χ2n) is 7.92. The summed E-state index contributed by atoms with van der Waals surface area (Å²) < 4.78 is 7.09. The van der Waals surface area contributed by atoms with Gasteiger partial charge in [0.2, 0.25) is 0 Å². The molecule has 0 saturated carbocycles. The number of hydrogen-bond acceptors (Lipinski definition) is 6. The van der Waals surface area contributed by atoms with Gasteiger partial charge < -0.3 is 15.0 Å². The molecule has 0 atom stereocenters. The molecule has 0 amide bonds. The van der Waals surface area contributed by atoms with Gasteiger partial charge in [-0.1, -0.05) is 12.1 Å². The average molecular weight is 408 g/mol. The van der Waals surface area contributed by atoms with Crippen molar-refractivity contribution >= 4 is 28.4 Å². The molecule has 0 spiro atoms. The standard InChI is InChI=1S/C23H29N5O2/c1-5-30-23(29)19-14-24-22-20(16(3)26-27(22)4)21(19)28-11-9-17(10-12-28)25-18-8-6-7-15(2)13-18/h6-8,13-14,17,25H,5,9-12H2,1-4H3. The first-order valence-corrected chi connectivity index (χ1v) is 10.6. The zero-order valence-electron chi connectivity index (χ0n) is 18.1. The van der Waals surface area contributed by atoms with Gasteiger partial charge in [-0.3, -0.25) is 4.68 Å². The maximum Gasteiger partial charge on any atom is 0.341 e. The lowest BCUT2D eigenvalue weighted by Gasteiger charge is -2.35. The topological polar surface area (TPSA) is 72.3 Å². The van der Waals surface area contributed by atoms with Crippen molar-refractivity contribution in [2.24, 2.45) is 7.05 Å². The fourth-order valence-electron chi connectivity index (χ4n) is 4.30. The Morgan fingerprint density at radius 3 is 2.73 bits per heavy atom. The zero-order valence-corrected chi connectivity index (χ0v) is 18.1. The van der Waals surface area contributed by atoms with Gasteiger partial charge in [-0.25, -0.2) is 9.78 Å². The highest BCUT2D eigenvalue weighted by Gasteiger charge is 2.28. The minimum Gasteiger partial charge on any atom is -0.462 e. The van der Waals surface area contributed by atoms with Crippen molar-refractivity contribution in [2.45, 2.75) is 39.7 Å². The SMILES string of the molecule is CCOC(=O)c1cnc2c(c(C)nn2C)c1N1CCC(Nc2cccc(C)c2)CC1. The summed E-state index contributed by atoms with van der Waals surface area (Å²) in [5.41, 5.74) is 5.50. The van der Waals surface area contributed by atoms with Crippen molar-refractivity contribution in [1.82, 2.24) is 14.8 Å². The Bertz CT molecular complexity index is 1070. The third kappa shape index (κ3) is 3.84. The summed E-state index contributed by atoms with van der Waals surface area (Å²) >= 11 is 0. The number of carbonyl (C=O) groups excluding carboxylic acids is 1. The fraction of sp³-hybridized carbons (Fsp3) is 0.435. The maximum atomic E-state index is 12.7. The molecule has 0 radical (unpaired) electrons. The quantitative estimate of drug-likeness (QED) is 0.648. The molecule has 0 unspecified atom stereocenters. The maximum absolute atomic E-state index is 12.7. The van der Waals surface area contributed by atoms with E-state index in [0.29, 0.717) is 18.2 Å². The first-order valence-electron chi connectivity index (χ1n) is 10.6. The van der Waals surface area contributed by atoms with E-state index in [1.54, 1.807) is 10.9 Å². The normalized spacial score (nSPS) is 14.9. The van der Waals surface area contributed by atoms with Crippen LogP contribution < -0.4 is 10.2 Å². The van der Waals surface area contributed by atoms with Gasteiger partial charge in [-0.05, 0) is 51.3 Å². The molecule has 1 N–H and O–H groups in total. The summed E-state index contributed by atoms with van der Waals surface area (Å²) in [6.07, 6.45) is 3.60. The van der Waals surface area contributed by atoms with Crippen molar-refractivity contribution in [3.05, 3.63) is 47.3 Å². The number of aryl methyl sites for hydroxylation is 3. The van der Waals surface area contributed by atoms with E-state index in [4.69, 9.17) is 4.74 Å². The van der Waals surface area contributed by atoms with Crippen molar-refractivity contribution in [1.29, 1.82) is 0 Å². The van der Waals surface area contributed by atoms with E-state index in [0.717, 1.165) is 54.0 Å². The smallest absolute Gasteiger partial charge is 0.341 e. The molecule has 158 valence electrons. The van der Waals surface area contributed by atoms with Gasteiger partial charge in [0, 0.05) is 38.1 Å². The molecule has 4 rings (SSSR count). The van der Waals surface area contributed by atoms with Crippen LogP contribution in [0.2, 0.25) is 0 Å². The average Bonchev–Trinajstić information content (AvgIpc) is 3.02. The van der Waals surface area contributed by atoms with Crippen LogP contribution >= 0.6 is 0 Å². The summed E-state index contributed by atoms with van der Waals surface area (Å²) in [6.45, 7) is 7.93. The Labute approximate surface area is 177 Å². The Hall–Kier alpha value is -3.09. The van der Waals surface area contributed by atoms with Crippen molar-refractivity contribution in [3.8, 4) is 0 Å². The zero-order chi connectivity index (χ0) is 21.3. The molecule has 0 aliphatic carbocycles. The molecule has 1 aliphatic rings. The summed E-state index contributed by atoms with van der Waals surface area (Å²) in [5.74, 6) is -0.329. The number of anilines is 2. The lowest BCUT2D eigenvalue weighted by atomic mass is 10.0. The van der Waals surface area contributed by atoms with E-state index < -0.39 is 0 Å². The Kier molecular flexibility index (Phi) is 5.61. The number of pyridine rings is 1. The number of nitrogens with zero attached hydrogens (tertiary/aromatic N) is 4. The van der Waals surface area contributed by atoms with Gasteiger partial charge in [0.15, 0.2) is 5.65 Å². The molecule has 1 fully saturated rings. The van der Waals surface area contributed by atoms with E-state index in [9.17, 15) is 4.79 Å². The monoisotopic (exact) mass is 407 g/mol. The van der Waals surface area contributed by atoms with Crippen LogP contribution in [0.15, 0.2) is 30.5 Å². The van der Waals surface area contributed by atoms with Crippen molar-refractivity contribution < 1.29 is 9.53 Å². The van der Waals surface area contributed by atoms with Crippen LogP contribution in [-0.2, 0) is 11.8 Å². The third-order valence-electron chi connectivity index (χ3n) is 5.70. The number of aromatic nitrogens is 3. The van der Waals surface area contributed by atoms with Gasteiger partial charge in [0.25, 0.3) is 0 Å². The number of carbonyl (C=O) groups is 1. The Morgan fingerprint density at radius 1 is 1.27 bits per heavy atom. The van der Waals surface area contributed by atoms with E-state index in [1.165, 1.54) is 5.56 Å². The number of hydrogen-bond donors (Lipinski definition) is 1. The van der Waals surface area contributed by atoms with E-state index in [2.05, 4.69) is 51.5 Å². The lowest BCUT2D eigenvalue weighted by molar-refractivity contribution is 0.0526. The van der Waals surface area contributed by atoms with Crippen LogP contribution in [0.5, 0.6) is 0 Å². The predicted octanol–water partition coefficient (Wildman–Crippen LogP) is 3.84. The molecule has 1 aromatic carbocycles. The van der Waals surface area contributed by atoms with E-state index >= 15 is 0 Å². The number of ether oxygens (including phenoxy) is 1. The minimum absolute atomic E-state index is 0.329. The highest BCUT2D eigenvalue weighted by Crippen LogP contribution is 2.34. The number of fused-ring (bicyclic) bond motifs is 1. The largest absolute Gasteiger partial charge is 0.462 e. The van der Waals surface area contributed by atoms with Crippen LogP contribution in [0.1, 0.15) is 41.4 Å². The predicted molar refractivity (Wildman–Crippen MR) is 119 cm³/mol. The summed E-state index contributed by atoms with van der Waals surface area (Å²) in [5, 5.41) is 9.13. The molecule has 3 aromatic rings. The van der Waals surface area contributed by atoms with Gasteiger partial charge in [-0.15, -0.1) is 0 Å². The molecule has 30 heavy (non-hydrogen) atoms. The molecular weight excluding hydrogens is 378 g/mol. The second-order valence-corrected chi connectivity index (χ2v) is 7.92. The molecular formula is C23H29N5O2. The molecule has 3 heterocycles. The molecule has 0 bridgehead atoms. The van der Waals surface area contributed by atoms with Crippen molar-refractivity contribution in [3.63, 3.8) is 0 Å². The fourth-order valence-corrected chi connectivity index (χ4v) is 4.30. The van der Waals surface area contributed by atoms with Gasteiger partial charge in [0.1, 0.15) is 5.56 Å². The van der Waals surface area contributed by atoms with Crippen LogP contribution in [-0.4, -0.2) is 46.5 Å². The highest BCUT2D eigenvalue weighted by molar-refractivity contribution is 6.05. The van der Waals surface area contributed by atoms with Crippen LogP contribution in [0.4, 0.5) is 11.4 Å². The van der Waals surface area contributed by atoms with Crippen LogP contribution in [0.25, 0.3) is 11.0 Å². The van der Waals surface area contributed by atoms with Crippen LogP contribution in [0.3, 0.4) is 0 Å². The van der Waals surface area contributed by atoms with Crippen LogP contribution in [0, 0.1) is 13.8 Å². The van der Waals surface area contributed by atoms with Gasteiger partial charge in [0.05, 0.1) is 23.4 Å². The number of nitrogens with one attached hydrogen (secondary N) is 1. The lowest BCUT2D eigenvalue weighted by Crippen LogP contribution is -2.40. The summed E-state index contributed by atoms with van der Waals surface area (Å²) in [7, 11) is 1.88. The Morgan fingerprint density at radius 2 is 2.03 bits per heavy atom. The van der Waals surface area contributed by atoms with Gasteiger partial charge >= 0.3 is 5.97 Å². The molecule has 7 heteroatoms. The molecule has 1 saturated heterocycles.